The highest BCUT2D eigenvalue weighted by atomic mass is 16.4. The monoisotopic (exact) mass is 330 g/mol. The quantitative estimate of drug-likeness (QED) is 0.874. The molecule has 0 bridgehead atoms. The van der Waals surface area contributed by atoms with Crippen molar-refractivity contribution in [1.29, 1.82) is 0 Å². The van der Waals surface area contributed by atoms with Crippen LogP contribution in [-0.4, -0.2) is 63.4 Å². The standard InChI is InChI=1S/C18H26N4O2/c1-3-16-12-21(9-10-22(16)11-14(2)23)13-17-19-20-18(24-17)15-7-5-4-6-8-15/h4-8,14,16,23H,3,9-13H2,1-2H3/t14-,16-/m1/s1. The number of benzene rings is 1. The van der Waals surface area contributed by atoms with E-state index in [0.717, 1.165) is 38.2 Å². The number of β-amino-alcohol motifs (C(OH)–C–C–N with tert-alkyl or cyclic N) is 1. The number of aromatic nitrogens is 2. The van der Waals surface area contributed by atoms with Crippen LogP contribution < -0.4 is 0 Å². The Morgan fingerprint density at radius 1 is 1.25 bits per heavy atom. The fraction of sp³-hybridized carbons (Fsp3) is 0.556. The zero-order valence-corrected chi connectivity index (χ0v) is 14.4. The van der Waals surface area contributed by atoms with Gasteiger partial charge in [-0.2, -0.15) is 0 Å². The van der Waals surface area contributed by atoms with Crippen molar-refractivity contribution in [3.63, 3.8) is 0 Å². The van der Waals surface area contributed by atoms with Crippen LogP contribution >= 0.6 is 0 Å². The van der Waals surface area contributed by atoms with Crippen LogP contribution in [0.25, 0.3) is 11.5 Å². The van der Waals surface area contributed by atoms with E-state index < -0.39 is 0 Å². The fourth-order valence-corrected chi connectivity index (χ4v) is 3.27. The molecular formula is C18H26N4O2. The molecule has 1 fully saturated rings. The first kappa shape index (κ1) is 17.1. The third-order valence-corrected chi connectivity index (χ3v) is 4.51. The van der Waals surface area contributed by atoms with E-state index in [1.807, 2.05) is 37.3 Å². The van der Waals surface area contributed by atoms with Crippen molar-refractivity contribution in [2.45, 2.75) is 39.0 Å². The third-order valence-electron chi connectivity index (χ3n) is 4.51. The van der Waals surface area contributed by atoms with Crippen LogP contribution in [0.15, 0.2) is 34.7 Å². The first-order valence-electron chi connectivity index (χ1n) is 8.68. The summed E-state index contributed by atoms with van der Waals surface area (Å²) in [6.45, 7) is 8.34. The molecule has 1 saturated heterocycles. The molecule has 0 aliphatic carbocycles. The summed E-state index contributed by atoms with van der Waals surface area (Å²) >= 11 is 0. The molecule has 1 aromatic heterocycles. The van der Waals surface area contributed by atoms with Crippen molar-refractivity contribution in [3.8, 4) is 11.5 Å². The second kappa shape index (κ2) is 7.88. The topological polar surface area (TPSA) is 65.6 Å². The minimum absolute atomic E-state index is 0.282. The van der Waals surface area contributed by atoms with E-state index in [2.05, 4.69) is 26.9 Å². The van der Waals surface area contributed by atoms with Crippen molar-refractivity contribution in [2.24, 2.45) is 0 Å². The predicted octanol–water partition coefficient (Wildman–Crippen LogP) is 2.01. The molecule has 130 valence electrons. The number of nitrogens with zero attached hydrogens (tertiary/aromatic N) is 4. The van der Waals surface area contributed by atoms with Crippen molar-refractivity contribution in [3.05, 3.63) is 36.2 Å². The first-order valence-corrected chi connectivity index (χ1v) is 8.68. The van der Waals surface area contributed by atoms with Gasteiger partial charge in [0.1, 0.15) is 0 Å². The van der Waals surface area contributed by atoms with E-state index in [9.17, 15) is 5.11 Å². The maximum absolute atomic E-state index is 9.64. The maximum atomic E-state index is 9.64. The van der Waals surface area contributed by atoms with Gasteiger partial charge in [-0.25, -0.2) is 0 Å². The molecule has 0 spiro atoms. The summed E-state index contributed by atoms with van der Waals surface area (Å²) in [5.41, 5.74) is 0.949. The molecule has 0 amide bonds. The number of aliphatic hydroxyl groups excluding tert-OH is 1. The highest BCUT2D eigenvalue weighted by Crippen LogP contribution is 2.19. The van der Waals surface area contributed by atoms with Gasteiger partial charge < -0.3 is 9.52 Å². The van der Waals surface area contributed by atoms with Gasteiger partial charge in [0.2, 0.25) is 11.8 Å². The fourth-order valence-electron chi connectivity index (χ4n) is 3.27. The van der Waals surface area contributed by atoms with Crippen LogP contribution in [-0.2, 0) is 6.54 Å². The zero-order valence-electron chi connectivity index (χ0n) is 14.4. The number of hydrogen-bond donors (Lipinski definition) is 1. The van der Waals surface area contributed by atoms with E-state index >= 15 is 0 Å². The van der Waals surface area contributed by atoms with Crippen molar-refractivity contribution in [1.82, 2.24) is 20.0 Å². The lowest BCUT2D eigenvalue weighted by molar-refractivity contribution is 0.0309. The van der Waals surface area contributed by atoms with Gasteiger partial charge in [-0.15, -0.1) is 10.2 Å². The average molecular weight is 330 g/mol. The Hall–Kier alpha value is -1.76. The SMILES string of the molecule is CC[C@@H]1CN(Cc2nnc(-c3ccccc3)o2)CCN1C[C@@H](C)O. The number of hydrogen-bond acceptors (Lipinski definition) is 6. The van der Waals surface area contributed by atoms with E-state index in [-0.39, 0.29) is 6.10 Å². The van der Waals surface area contributed by atoms with Crippen LogP contribution in [0.1, 0.15) is 26.2 Å². The molecule has 1 aliphatic rings. The third kappa shape index (κ3) is 4.20. The van der Waals surface area contributed by atoms with E-state index in [1.165, 1.54) is 0 Å². The van der Waals surface area contributed by atoms with Gasteiger partial charge in [0.25, 0.3) is 0 Å². The smallest absolute Gasteiger partial charge is 0.247 e. The average Bonchev–Trinajstić information content (AvgIpc) is 3.05. The minimum atomic E-state index is -0.282. The number of aliphatic hydroxyl groups is 1. The molecule has 1 aliphatic heterocycles. The molecule has 6 heteroatoms. The largest absolute Gasteiger partial charge is 0.419 e. The highest BCUT2D eigenvalue weighted by molar-refractivity contribution is 5.51. The number of rotatable bonds is 6. The normalized spacial score (nSPS) is 21.0. The Morgan fingerprint density at radius 3 is 2.75 bits per heavy atom. The van der Waals surface area contributed by atoms with E-state index in [0.29, 0.717) is 24.4 Å². The van der Waals surface area contributed by atoms with Crippen LogP contribution in [0.2, 0.25) is 0 Å². The van der Waals surface area contributed by atoms with Gasteiger partial charge in [-0.05, 0) is 25.5 Å². The van der Waals surface area contributed by atoms with Gasteiger partial charge in [0.15, 0.2) is 0 Å². The van der Waals surface area contributed by atoms with Gasteiger partial charge in [0, 0.05) is 37.8 Å². The summed E-state index contributed by atoms with van der Waals surface area (Å²) in [5.74, 6) is 1.23. The molecular weight excluding hydrogens is 304 g/mol. The Morgan fingerprint density at radius 2 is 2.04 bits per heavy atom. The predicted molar refractivity (Wildman–Crippen MR) is 92.3 cm³/mol. The molecule has 1 aromatic carbocycles. The van der Waals surface area contributed by atoms with Gasteiger partial charge in [-0.1, -0.05) is 25.1 Å². The molecule has 24 heavy (non-hydrogen) atoms. The minimum Gasteiger partial charge on any atom is -0.419 e. The molecule has 2 aromatic rings. The lowest BCUT2D eigenvalue weighted by atomic mass is 10.1. The van der Waals surface area contributed by atoms with Crippen LogP contribution in [0.3, 0.4) is 0 Å². The molecule has 1 N–H and O–H groups in total. The highest BCUT2D eigenvalue weighted by Gasteiger charge is 2.27. The lowest BCUT2D eigenvalue weighted by Gasteiger charge is -2.41. The maximum Gasteiger partial charge on any atom is 0.247 e. The molecule has 0 saturated carbocycles. The van der Waals surface area contributed by atoms with Crippen LogP contribution in [0.5, 0.6) is 0 Å². The summed E-state index contributed by atoms with van der Waals surface area (Å²) in [4.78, 5) is 4.74. The molecule has 3 rings (SSSR count). The van der Waals surface area contributed by atoms with Crippen molar-refractivity contribution < 1.29 is 9.52 Å². The zero-order chi connectivity index (χ0) is 16.9. The summed E-state index contributed by atoms with van der Waals surface area (Å²) in [6.07, 6.45) is 0.789. The van der Waals surface area contributed by atoms with E-state index in [1.54, 1.807) is 0 Å². The molecule has 2 heterocycles. The second-order valence-corrected chi connectivity index (χ2v) is 6.51. The first-order chi connectivity index (χ1) is 11.7. The Balaban J connectivity index is 1.60. The molecule has 6 nitrogen and oxygen atoms in total. The Labute approximate surface area is 143 Å². The molecule has 0 unspecified atom stereocenters. The Bertz CT molecular complexity index is 629. The summed E-state index contributed by atoms with van der Waals surface area (Å²) < 4.78 is 5.82. The molecule has 2 atom stereocenters. The second-order valence-electron chi connectivity index (χ2n) is 6.51. The number of piperazine rings is 1. The van der Waals surface area contributed by atoms with Crippen LogP contribution in [0, 0.1) is 0 Å². The summed E-state index contributed by atoms with van der Waals surface area (Å²) in [7, 11) is 0. The van der Waals surface area contributed by atoms with Gasteiger partial charge in [0.05, 0.1) is 12.6 Å². The molecule has 0 radical (unpaired) electrons. The van der Waals surface area contributed by atoms with Crippen molar-refractivity contribution >= 4 is 0 Å². The van der Waals surface area contributed by atoms with Crippen LogP contribution in [0.4, 0.5) is 0 Å². The van der Waals surface area contributed by atoms with E-state index in [4.69, 9.17) is 4.42 Å². The van der Waals surface area contributed by atoms with Gasteiger partial charge >= 0.3 is 0 Å². The summed E-state index contributed by atoms with van der Waals surface area (Å²) in [6, 6.07) is 10.3. The Kier molecular flexibility index (Phi) is 5.60. The van der Waals surface area contributed by atoms with Crippen molar-refractivity contribution in [2.75, 3.05) is 26.2 Å². The summed E-state index contributed by atoms with van der Waals surface area (Å²) in [5, 5.41) is 18.0. The van der Waals surface area contributed by atoms with Gasteiger partial charge in [-0.3, -0.25) is 9.80 Å². The lowest BCUT2D eigenvalue weighted by Crippen LogP contribution is -2.54.